The molecule has 2 rings (SSSR count). The van der Waals surface area contributed by atoms with Crippen molar-refractivity contribution in [3.63, 3.8) is 0 Å². The molecule has 0 amide bonds. The molecule has 1 aromatic carbocycles. The third-order valence-corrected chi connectivity index (χ3v) is 2.83. The summed E-state index contributed by atoms with van der Waals surface area (Å²) in [4.78, 5) is 7.78. The van der Waals surface area contributed by atoms with E-state index in [2.05, 4.69) is 16.9 Å². The van der Waals surface area contributed by atoms with E-state index >= 15 is 0 Å². The number of nitrogens with one attached hydrogen (secondary N) is 1. The zero-order valence-corrected chi connectivity index (χ0v) is 9.59. The number of halogens is 1. The van der Waals surface area contributed by atoms with E-state index in [4.69, 9.17) is 11.6 Å². The summed E-state index contributed by atoms with van der Waals surface area (Å²) in [7, 11) is 0. The largest absolute Gasteiger partial charge is 0.342 e. The van der Waals surface area contributed by atoms with Crippen LogP contribution in [0, 0.1) is 0 Å². The lowest BCUT2D eigenvalue weighted by molar-refractivity contribution is 0.709. The zero-order valence-electron chi connectivity index (χ0n) is 8.83. The number of hydrogen-bond acceptors (Lipinski definition) is 1. The monoisotopic (exact) mass is 222 g/mol. The maximum atomic E-state index is 6.18. The number of hydrogen-bond donors (Lipinski definition) is 1. The second kappa shape index (κ2) is 4.67. The van der Waals surface area contributed by atoms with Crippen molar-refractivity contribution in [3.05, 3.63) is 30.1 Å². The van der Waals surface area contributed by atoms with E-state index in [1.807, 2.05) is 24.3 Å². The summed E-state index contributed by atoms with van der Waals surface area (Å²) in [6.07, 6.45) is 2.98. The molecule has 0 bridgehead atoms. The molecule has 0 saturated heterocycles. The van der Waals surface area contributed by atoms with Gasteiger partial charge in [-0.25, -0.2) is 4.98 Å². The van der Waals surface area contributed by atoms with E-state index in [-0.39, 0.29) is 5.38 Å². The molecule has 0 saturated carbocycles. The van der Waals surface area contributed by atoms with Crippen LogP contribution in [0.15, 0.2) is 24.3 Å². The SMILES string of the molecule is CCCC(Cl)Cc1nc2ccccc2[nH]1. The Hall–Kier alpha value is -1.02. The quantitative estimate of drug-likeness (QED) is 0.788. The van der Waals surface area contributed by atoms with E-state index in [9.17, 15) is 0 Å². The lowest BCUT2D eigenvalue weighted by atomic mass is 10.2. The predicted octanol–water partition coefficient (Wildman–Crippen LogP) is 3.51. The summed E-state index contributed by atoms with van der Waals surface area (Å²) >= 11 is 6.18. The van der Waals surface area contributed by atoms with E-state index < -0.39 is 0 Å². The summed E-state index contributed by atoms with van der Waals surface area (Å²) in [5.41, 5.74) is 2.11. The number of rotatable bonds is 4. The molecule has 0 aliphatic rings. The van der Waals surface area contributed by atoms with Crippen LogP contribution in [0.1, 0.15) is 25.6 Å². The Labute approximate surface area is 94.7 Å². The highest BCUT2D eigenvalue weighted by Crippen LogP contribution is 2.15. The van der Waals surface area contributed by atoms with Crippen molar-refractivity contribution in [2.75, 3.05) is 0 Å². The Kier molecular flexibility index (Phi) is 3.27. The van der Waals surface area contributed by atoms with Gasteiger partial charge in [-0.1, -0.05) is 25.5 Å². The first-order valence-corrected chi connectivity index (χ1v) is 5.81. The van der Waals surface area contributed by atoms with Gasteiger partial charge in [-0.2, -0.15) is 0 Å². The van der Waals surface area contributed by atoms with Crippen LogP contribution < -0.4 is 0 Å². The van der Waals surface area contributed by atoms with Crippen LogP contribution in [0.25, 0.3) is 11.0 Å². The van der Waals surface area contributed by atoms with Crippen molar-refractivity contribution in [2.24, 2.45) is 0 Å². The standard InChI is InChI=1S/C12H15ClN2/c1-2-5-9(13)8-12-14-10-6-3-4-7-11(10)15-12/h3-4,6-7,9H,2,5,8H2,1H3,(H,14,15). The minimum absolute atomic E-state index is 0.190. The average molecular weight is 223 g/mol. The van der Waals surface area contributed by atoms with Crippen LogP contribution in [0.5, 0.6) is 0 Å². The highest BCUT2D eigenvalue weighted by Gasteiger charge is 2.08. The van der Waals surface area contributed by atoms with Crippen molar-refractivity contribution in [3.8, 4) is 0 Å². The van der Waals surface area contributed by atoms with Gasteiger partial charge >= 0.3 is 0 Å². The van der Waals surface area contributed by atoms with Crippen molar-refractivity contribution in [1.29, 1.82) is 0 Å². The van der Waals surface area contributed by atoms with Gasteiger partial charge in [0, 0.05) is 11.8 Å². The fraction of sp³-hybridized carbons (Fsp3) is 0.417. The second-order valence-corrected chi connectivity index (χ2v) is 4.41. The first-order chi connectivity index (χ1) is 7.29. The average Bonchev–Trinajstić information content (AvgIpc) is 2.59. The number of aromatic amines is 1. The van der Waals surface area contributed by atoms with Crippen molar-refractivity contribution in [2.45, 2.75) is 31.6 Å². The van der Waals surface area contributed by atoms with Gasteiger partial charge in [-0.15, -0.1) is 11.6 Å². The molecule has 1 aromatic heterocycles. The van der Waals surface area contributed by atoms with Crippen LogP contribution in [0.2, 0.25) is 0 Å². The Morgan fingerprint density at radius 1 is 1.40 bits per heavy atom. The van der Waals surface area contributed by atoms with Crippen LogP contribution in [-0.2, 0) is 6.42 Å². The van der Waals surface area contributed by atoms with Gasteiger partial charge in [-0.05, 0) is 18.6 Å². The minimum Gasteiger partial charge on any atom is -0.342 e. The lowest BCUT2D eigenvalue weighted by Gasteiger charge is -2.03. The molecular formula is C12H15ClN2. The van der Waals surface area contributed by atoms with Gasteiger partial charge < -0.3 is 4.98 Å². The number of para-hydroxylation sites is 2. The molecule has 0 aliphatic heterocycles. The van der Waals surface area contributed by atoms with Crippen molar-refractivity contribution >= 4 is 22.6 Å². The molecule has 1 N–H and O–H groups in total. The van der Waals surface area contributed by atoms with E-state index in [1.54, 1.807) is 0 Å². The van der Waals surface area contributed by atoms with Crippen molar-refractivity contribution in [1.82, 2.24) is 9.97 Å². The molecule has 0 spiro atoms. The molecule has 80 valence electrons. The van der Waals surface area contributed by atoms with Crippen molar-refractivity contribution < 1.29 is 0 Å². The number of alkyl halides is 1. The first kappa shape index (κ1) is 10.5. The molecule has 15 heavy (non-hydrogen) atoms. The summed E-state index contributed by atoms with van der Waals surface area (Å²) < 4.78 is 0. The van der Waals surface area contributed by atoms with E-state index in [0.717, 1.165) is 36.1 Å². The topological polar surface area (TPSA) is 28.7 Å². The van der Waals surface area contributed by atoms with Crippen LogP contribution in [0.3, 0.4) is 0 Å². The predicted molar refractivity (Wildman–Crippen MR) is 64.3 cm³/mol. The van der Waals surface area contributed by atoms with Crippen LogP contribution >= 0.6 is 11.6 Å². The maximum Gasteiger partial charge on any atom is 0.108 e. The third-order valence-electron chi connectivity index (χ3n) is 2.46. The number of nitrogens with zero attached hydrogens (tertiary/aromatic N) is 1. The normalized spacial score (nSPS) is 13.2. The Morgan fingerprint density at radius 3 is 2.93 bits per heavy atom. The van der Waals surface area contributed by atoms with Gasteiger partial charge in [-0.3, -0.25) is 0 Å². The first-order valence-electron chi connectivity index (χ1n) is 5.37. The van der Waals surface area contributed by atoms with Gasteiger partial charge in [0.25, 0.3) is 0 Å². The molecular weight excluding hydrogens is 208 g/mol. The summed E-state index contributed by atoms with van der Waals surface area (Å²) in [5, 5.41) is 0.190. The number of aromatic nitrogens is 2. The molecule has 2 aromatic rings. The molecule has 3 heteroatoms. The summed E-state index contributed by atoms with van der Waals surface area (Å²) in [6.45, 7) is 2.15. The van der Waals surface area contributed by atoms with Gasteiger partial charge in [0.1, 0.15) is 5.82 Å². The molecule has 1 heterocycles. The third kappa shape index (κ3) is 2.51. The Bertz CT molecular complexity index is 403. The maximum absolute atomic E-state index is 6.18. The number of fused-ring (bicyclic) bond motifs is 1. The van der Waals surface area contributed by atoms with Crippen LogP contribution in [-0.4, -0.2) is 15.3 Å². The smallest absolute Gasteiger partial charge is 0.108 e. The van der Waals surface area contributed by atoms with Crippen LogP contribution in [0.4, 0.5) is 0 Å². The fourth-order valence-electron chi connectivity index (χ4n) is 1.73. The minimum atomic E-state index is 0.190. The molecule has 0 radical (unpaired) electrons. The Morgan fingerprint density at radius 2 is 2.20 bits per heavy atom. The number of imidazole rings is 1. The molecule has 2 nitrogen and oxygen atoms in total. The van der Waals surface area contributed by atoms with Gasteiger partial charge in [0.05, 0.1) is 11.0 Å². The second-order valence-electron chi connectivity index (χ2n) is 3.79. The van der Waals surface area contributed by atoms with Gasteiger partial charge in [0.2, 0.25) is 0 Å². The highest BCUT2D eigenvalue weighted by molar-refractivity contribution is 6.20. The molecule has 1 unspecified atom stereocenters. The zero-order chi connectivity index (χ0) is 10.7. The van der Waals surface area contributed by atoms with E-state index in [1.165, 1.54) is 0 Å². The van der Waals surface area contributed by atoms with Gasteiger partial charge in [0.15, 0.2) is 0 Å². The Balaban J connectivity index is 2.15. The number of benzene rings is 1. The molecule has 1 atom stereocenters. The summed E-state index contributed by atoms with van der Waals surface area (Å²) in [6, 6.07) is 8.05. The fourth-order valence-corrected chi connectivity index (χ4v) is 2.09. The summed E-state index contributed by atoms with van der Waals surface area (Å²) in [5.74, 6) is 0.990. The highest BCUT2D eigenvalue weighted by atomic mass is 35.5. The van der Waals surface area contributed by atoms with E-state index in [0.29, 0.717) is 0 Å². The number of H-pyrrole nitrogens is 1. The lowest BCUT2D eigenvalue weighted by Crippen LogP contribution is -2.03. The molecule has 0 aliphatic carbocycles. The molecule has 0 fully saturated rings.